The van der Waals surface area contributed by atoms with Crippen LogP contribution in [0.2, 0.25) is 0 Å². The minimum absolute atomic E-state index is 0.0409. The summed E-state index contributed by atoms with van der Waals surface area (Å²) in [6.07, 6.45) is 5.83. The zero-order valence-electron chi connectivity index (χ0n) is 14.3. The maximum atomic E-state index is 12.2. The molecule has 0 saturated heterocycles. The fraction of sp³-hybridized carbons (Fsp3) is 0.263. The summed E-state index contributed by atoms with van der Waals surface area (Å²) < 4.78 is 0. The van der Waals surface area contributed by atoms with E-state index >= 15 is 0 Å². The third kappa shape index (κ3) is 2.97. The SMILES string of the molecule is Cc1ccncc1-c1cc2cc(NC(=O)C3CC3CO)ncc2c(N)n1. The van der Waals surface area contributed by atoms with Crippen molar-refractivity contribution in [2.75, 3.05) is 17.7 Å². The molecule has 2 atom stereocenters. The number of aliphatic hydroxyl groups excluding tert-OH is 1. The molecule has 26 heavy (non-hydrogen) atoms. The number of carbonyl (C=O) groups is 1. The first kappa shape index (κ1) is 16.4. The minimum Gasteiger partial charge on any atom is -0.396 e. The lowest BCUT2D eigenvalue weighted by molar-refractivity contribution is -0.117. The van der Waals surface area contributed by atoms with Gasteiger partial charge in [-0.1, -0.05) is 0 Å². The number of amides is 1. The Morgan fingerprint density at radius 2 is 2.23 bits per heavy atom. The van der Waals surface area contributed by atoms with Crippen molar-refractivity contribution in [1.29, 1.82) is 0 Å². The molecule has 0 aliphatic heterocycles. The molecule has 1 amide bonds. The predicted octanol–water partition coefficient (Wildman–Crippen LogP) is 2.15. The Kier molecular flexibility index (Phi) is 4.00. The van der Waals surface area contributed by atoms with Gasteiger partial charge in [-0.05, 0) is 48.4 Å². The van der Waals surface area contributed by atoms with Crippen LogP contribution in [-0.2, 0) is 4.79 Å². The fourth-order valence-electron chi connectivity index (χ4n) is 3.10. The van der Waals surface area contributed by atoms with Crippen molar-refractivity contribution < 1.29 is 9.90 Å². The Morgan fingerprint density at radius 3 is 2.96 bits per heavy atom. The monoisotopic (exact) mass is 349 g/mol. The zero-order valence-corrected chi connectivity index (χ0v) is 14.3. The van der Waals surface area contributed by atoms with Gasteiger partial charge in [0.25, 0.3) is 0 Å². The first-order valence-corrected chi connectivity index (χ1v) is 8.46. The van der Waals surface area contributed by atoms with Gasteiger partial charge in [-0.25, -0.2) is 9.97 Å². The van der Waals surface area contributed by atoms with Gasteiger partial charge < -0.3 is 16.2 Å². The molecule has 1 aliphatic rings. The van der Waals surface area contributed by atoms with E-state index in [9.17, 15) is 4.79 Å². The average molecular weight is 349 g/mol. The first-order chi connectivity index (χ1) is 12.6. The number of pyridine rings is 3. The van der Waals surface area contributed by atoms with E-state index in [4.69, 9.17) is 10.8 Å². The third-order valence-corrected chi connectivity index (χ3v) is 4.81. The maximum Gasteiger partial charge on any atom is 0.229 e. The highest BCUT2D eigenvalue weighted by molar-refractivity contribution is 5.98. The van der Waals surface area contributed by atoms with Gasteiger partial charge >= 0.3 is 0 Å². The molecule has 0 bridgehead atoms. The number of nitrogens with two attached hydrogens (primary N) is 1. The van der Waals surface area contributed by atoms with E-state index in [0.29, 0.717) is 11.6 Å². The molecule has 4 rings (SSSR count). The molecule has 0 radical (unpaired) electrons. The summed E-state index contributed by atoms with van der Waals surface area (Å²) in [6.45, 7) is 2.03. The van der Waals surface area contributed by atoms with Crippen LogP contribution in [0, 0.1) is 18.8 Å². The molecule has 3 aromatic rings. The number of nitrogens with zero attached hydrogens (tertiary/aromatic N) is 3. The van der Waals surface area contributed by atoms with Crippen LogP contribution in [0.15, 0.2) is 36.8 Å². The van der Waals surface area contributed by atoms with Crippen LogP contribution < -0.4 is 11.1 Å². The summed E-state index contributed by atoms with van der Waals surface area (Å²) in [6, 6.07) is 5.63. The second-order valence-corrected chi connectivity index (χ2v) is 6.65. The summed E-state index contributed by atoms with van der Waals surface area (Å²) in [5, 5.41) is 13.5. The third-order valence-electron chi connectivity index (χ3n) is 4.81. The predicted molar refractivity (Wildman–Crippen MR) is 99.2 cm³/mol. The van der Waals surface area contributed by atoms with Gasteiger partial charge in [0.15, 0.2) is 0 Å². The van der Waals surface area contributed by atoms with Crippen LogP contribution in [-0.4, -0.2) is 32.6 Å². The normalized spacial score (nSPS) is 18.7. The number of carbonyl (C=O) groups excluding carboxylic acids is 1. The van der Waals surface area contributed by atoms with Crippen LogP contribution in [0.25, 0.3) is 22.0 Å². The molecule has 1 aliphatic carbocycles. The molecule has 0 aromatic carbocycles. The Bertz CT molecular complexity index is 1000. The Hall–Kier alpha value is -3.06. The summed E-state index contributed by atoms with van der Waals surface area (Å²) >= 11 is 0. The number of aromatic nitrogens is 3. The van der Waals surface area contributed by atoms with E-state index in [1.54, 1.807) is 24.7 Å². The Balaban J connectivity index is 1.68. The highest BCUT2D eigenvalue weighted by atomic mass is 16.3. The van der Waals surface area contributed by atoms with Gasteiger partial charge in [-0.2, -0.15) is 0 Å². The number of rotatable bonds is 4. The van der Waals surface area contributed by atoms with E-state index in [1.165, 1.54) is 0 Å². The van der Waals surface area contributed by atoms with Gasteiger partial charge in [0, 0.05) is 42.1 Å². The van der Waals surface area contributed by atoms with E-state index in [0.717, 1.165) is 34.0 Å². The van der Waals surface area contributed by atoms with Crippen molar-refractivity contribution in [1.82, 2.24) is 15.0 Å². The lowest BCUT2D eigenvalue weighted by Gasteiger charge is -2.10. The first-order valence-electron chi connectivity index (χ1n) is 8.46. The van der Waals surface area contributed by atoms with E-state index in [2.05, 4.69) is 20.3 Å². The molecular weight excluding hydrogens is 330 g/mol. The standard InChI is InChI=1S/C19H19N5O2/c1-10-2-3-21-7-14(10)16-5-11-6-17(22-8-15(11)18(20)23-16)24-19(26)13-4-12(13)9-25/h2-3,5-8,12-13,25H,4,9H2,1H3,(H2,20,23)(H,22,24,26). The molecule has 0 spiro atoms. The van der Waals surface area contributed by atoms with E-state index in [-0.39, 0.29) is 24.3 Å². The van der Waals surface area contributed by atoms with Crippen LogP contribution in [0.4, 0.5) is 11.6 Å². The molecule has 7 nitrogen and oxygen atoms in total. The van der Waals surface area contributed by atoms with Gasteiger partial charge in [0.1, 0.15) is 11.6 Å². The number of hydrogen-bond acceptors (Lipinski definition) is 6. The van der Waals surface area contributed by atoms with Crippen molar-refractivity contribution in [2.24, 2.45) is 11.8 Å². The molecule has 1 fully saturated rings. The molecule has 7 heteroatoms. The Labute approximate surface area is 150 Å². The average Bonchev–Trinajstić information content (AvgIpc) is 3.42. The zero-order chi connectivity index (χ0) is 18.3. The number of nitrogen functional groups attached to an aromatic ring is 1. The summed E-state index contributed by atoms with van der Waals surface area (Å²) in [7, 11) is 0. The summed E-state index contributed by atoms with van der Waals surface area (Å²) in [5.74, 6) is 0.671. The molecule has 3 heterocycles. The van der Waals surface area contributed by atoms with Crippen molar-refractivity contribution >= 4 is 28.3 Å². The van der Waals surface area contributed by atoms with Crippen LogP contribution >= 0.6 is 0 Å². The lowest BCUT2D eigenvalue weighted by Crippen LogP contribution is -2.16. The quantitative estimate of drug-likeness (QED) is 0.665. The number of nitrogens with one attached hydrogen (secondary N) is 1. The molecule has 3 aromatic heterocycles. The van der Waals surface area contributed by atoms with Gasteiger partial charge in [0.05, 0.1) is 5.69 Å². The maximum absolute atomic E-state index is 12.2. The fourth-order valence-corrected chi connectivity index (χ4v) is 3.10. The van der Waals surface area contributed by atoms with Crippen LogP contribution in [0.5, 0.6) is 0 Å². The summed E-state index contributed by atoms with van der Waals surface area (Å²) in [5.41, 5.74) is 8.79. The number of aryl methyl sites for hydroxylation is 1. The largest absolute Gasteiger partial charge is 0.396 e. The molecule has 4 N–H and O–H groups in total. The lowest BCUT2D eigenvalue weighted by atomic mass is 10.1. The van der Waals surface area contributed by atoms with Gasteiger partial charge in [-0.3, -0.25) is 9.78 Å². The number of fused-ring (bicyclic) bond motifs is 1. The minimum atomic E-state index is -0.131. The van der Waals surface area contributed by atoms with E-state index in [1.807, 2.05) is 19.1 Å². The van der Waals surface area contributed by atoms with Crippen molar-refractivity contribution in [3.8, 4) is 11.3 Å². The van der Waals surface area contributed by atoms with Gasteiger partial charge in [-0.15, -0.1) is 0 Å². The second kappa shape index (κ2) is 6.34. The highest BCUT2D eigenvalue weighted by Crippen LogP contribution is 2.38. The molecular formula is C19H19N5O2. The van der Waals surface area contributed by atoms with Crippen LogP contribution in [0.1, 0.15) is 12.0 Å². The van der Waals surface area contributed by atoms with Crippen molar-refractivity contribution in [3.63, 3.8) is 0 Å². The topological polar surface area (TPSA) is 114 Å². The highest BCUT2D eigenvalue weighted by Gasteiger charge is 2.42. The smallest absolute Gasteiger partial charge is 0.229 e. The number of anilines is 2. The van der Waals surface area contributed by atoms with Gasteiger partial charge in [0.2, 0.25) is 5.91 Å². The van der Waals surface area contributed by atoms with Crippen molar-refractivity contribution in [2.45, 2.75) is 13.3 Å². The second-order valence-electron chi connectivity index (χ2n) is 6.65. The van der Waals surface area contributed by atoms with Crippen molar-refractivity contribution in [3.05, 3.63) is 42.4 Å². The number of hydrogen-bond donors (Lipinski definition) is 3. The van der Waals surface area contributed by atoms with Crippen LogP contribution in [0.3, 0.4) is 0 Å². The summed E-state index contributed by atoms with van der Waals surface area (Å²) in [4.78, 5) is 25.1. The molecule has 1 saturated carbocycles. The Morgan fingerprint density at radius 1 is 1.38 bits per heavy atom. The van der Waals surface area contributed by atoms with E-state index < -0.39 is 0 Å². The molecule has 2 unspecified atom stereocenters. The number of aliphatic hydroxyl groups is 1. The molecule has 132 valence electrons.